The molecule has 1 N–H and O–H groups in total. The van der Waals surface area contributed by atoms with Crippen LogP contribution in [0.5, 0.6) is 0 Å². The molecule has 1 saturated heterocycles. The van der Waals surface area contributed by atoms with Crippen LogP contribution in [0.1, 0.15) is 61.5 Å². The molecule has 144 valence electrons. The first-order valence-corrected chi connectivity index (χ1v) is 9.28. The van der Waals surface area contributed by atoms with Gasteiger partial charge < -0.3 is 9.64 Å². The van der Waals surface area contributed by atoms with Crippen molar-refractivity contribution in [2.45, 2.75) is 64.6 Å². The normalized spacial score (nSPS) is 19.7. The first kappa shape index (κ1) is 19.1. The van der Waals surface area contributed by atoms with Crippen LogP contribution < -0.4 is 5.32 Å². The lowest BCUT2D eigenvalue weighted by Gasteiger charge is -2.29. The van der Waals surface area contributed by atoms with E-state index < -0.39 is 6.04 Å². The molecule has 0 saturated carbocycles. The summed E-state index contributed by atoms with van der Waals surface area (Å²) in [4.78, 5) is 37.9. The Bertz CT molecular complexity index is 807. The molecule has 0 aliphatic carbocycles. The highest BCUT2D eigenvalue weighted by Gasteiger charge is 2.39. The minimum Gasteiger partial charge on any atom is -0.493 e. The number of nitrogens with one attached hydrogen (secondary N) is 1. The largest absolute Gasteiger partial charge is 0.493 e. The van der Waals surface area contributed by atoms with Crippen LogP contribution in [0.15, 0.2) is 30.5 Å². The second-order valence-electron chi connectivity index (χ2n) is 8.10. The number of ether oxygens (including phenoxy) is 1. The van der Waals surface area contributed by atoms with E-state index in [9.17, 15) is 14.4 Å². The van der Waals surface area contributed by atoms with E-state index in [4.69, 9.17) is 4.74 Å². The van der Waals surface area contributed by atoms with Crippen LogP contribution in [-0.4, -0.2) is 34.3 Å². The standard InChI is InChI=1S/C21H26N2O4/c1-13(27-21(2,3)4)8-9-14-6-5-7-15-16(14)12-23(20(15)26)17-10-11-18(24)22-19(17)25/h5-7,17H,1,8-12H2,2-4H3,(H,22,24,25). The molecule has 0 radical (unpaired) electrons. The van der Waals surface area contributed by atoms with Crippen LogP contribution in [0, 0.1) is 0 Å². The van der Waals surface area contributed by atoms with Crippen LogP contribution >= 0.6 is 0 Å². The predicted octanol–water partition coefficient (Wildman–Crippen LogP) is 2.71. The lowest BCUT2D eigenvalue weighted by Crippen LogP contribution is -2.52. The smallest absolute Gasteiger partial charge is 0.255 e. The van der Waals surface area contributed by atoms with Crippen molar-refractivity contribution < 1.29 is 19.1 Å². The van der Waals surface area contributed by atoms with Gasteiger partial charge in [0, 0.05) is 24.9 Å². The first-order valence-electron chi connectivity index (χ1n) is 9.28. The van der Waals surface area contributed by atoms with Crippen molar-refractivity contribution in [3.63, 3.8) is 0 Å². The van der Waals surface area contributed by atoms with Crippen molar-refractivity contribution in [2.24, 2.45) is 0 Å². The van der Waals surface area contributed by atoms with E-state index >= 15 is 0 Å². The summed E-state index contributed by atoms with van der Waals surface area (Å²) < 4.78 is 5.78. The number of imide groups is 1. The zero-order valence-electron chi connectivity index (χ0n) is 16.1. The Kier molecular flexibility index (Phi) is 5.09. The fourth-order valence-electron chi connectivity index (χ4n) is 3.64. The third-order valence-electron chi connectivity index (χ3n) is 4.80. The maximum absolute atomic E-state index is 12.8. The summed E-state index contributed by atoms with van der Waals surface area (Å²) >= 11 is 0. The van der Waals surface area contributed by atoms with Gasteiger partial charge in [-0.25, -0.2) is 0 Å². The maximum atomic E-state index is 12.8. The van der Waals surface area contributed by atoms with Gasteiger partial charge in [-0.2, -0.15) is 0 Å². The second kappa shape index (κ2) is 7.18. The van der Waals surface area contributed by atoms with Crippen molar-refractivity contribution in [1.82, 2.24) is 10.2 Å². The Hall–Kier alpha value is -2.63. The molecular formula is C21H26N2O4. The summed E-state index contributed by atoms with van der Waals surface area (Å²) in [5.74, 6) is -0.100. The van der Waals surface area contributed by atoms with E-state index in [2.05, 4.69) is 11.9 Å². The Morgan fingerprint density at radius 3 is 2.70 bits per heavy atom. The van der Waals surface area contributed by atoms with Crippen molar-refractivity contribution in [3.05, 3.63) is 47.2 Å². The van der Waals surface area contributed by atoms with Crippen molar-refractivity contribution in [3.8, 4) is 0 Å². The van der Waals surface area contributed by atoms with E-state index in [1.54, 1.807) is 11.0 Å². The number of rotatable bonds is 5. The molecule has 1 aromatic rings. The fraction of sp³-hybridized carbons (Fsp3) is 0.476. The number of aryl methyl sites for hydroxylation is 1. The molecule has 0 bridgehead atoms. The average molecular weight is 370 g/mol. The first-order chi connectivity index (χ1) is 12.7. The molecule has 2 aliphatic rings. The number of hydrogen-bond acceptors (Lipinski definition) is 4. The molecule has 1 aromatic carbocycles. The summed E-state index contributed by atoms with van der Waals surface area (Å²) in [5, 5.41) is 2.33. The molecule has 0 spiro atoms. The topological polar surface area (TPSA) is 75.7 Å². The van der Waals surface area contributed by atoms with Gasteiger partial charge in [-0.05, 0) is 50.8 Å². The van der Waals surface area contributed by atoms with Gasteiger partial charge in [0.2, 0.25) is 11.8 Å². The lowest BCUT2D eigenvalue weighted by atomic mass is 9.99. The SMILES string of the molecule is C=C(CCc1cccc2c1CN(C1CCC(=O)NC1=O)C2=O)OC(C)(C)C. The maximum Gasteiger partial charge on any atom is 0.255 e. The number of nitrogens with zero attached hydrogens (tertiary/aromatic N) is 1. The van der Waals surface area contributed by atoms with Crippen molar-refractivity contribution in [2.75, 3.05) is 0 Å². The molecule has 27 heavy (non-hydrogen) atoms. The summed E-state index contributed by atoms with van der Waals surface area (Å²) in [5.41, 5.74) is 2.37. The number of hydrogen-bond donors (Lipinski definition) is 1. The number of amides is 3. The Morgan fingerprint density at radius 1 is 1.30 bits per heavy atom. The Morgan fingerprint density at radius 2 is 2.04 bits per heavy atom. The molecule has 1 unspecified atom stereocenters. The van der Waals surface area contributed by atoms with Crippen LogP contribution in [0.25, 0.3) is 0 Å². The van der Waals surface area contributed by atoms with Crippen LogP contribution in [0.4, 0.5) is 0 Å². The molecule has 6 heteroatoms. The third-order valence-corrected chi connectivity index (χ3v) is 4.80. The number of carbonyl (C=O) groups excluding carboxylic acids is 3. The highest BCUT2D eigenvalue weighted by atomic mass is 16.5. The van der Waals surface area contributed by atoms with Crippen LogP contribution in [0.3, 0.4) is 0 Å². The summed E-state index contributed by atoms with van der Waals surface area (Å²) in [7, 11) is 0. The summed E-state index contributed by atoms with van der Waals surface area (Å²) in [6.07, 6.45) is 2.01. The summed E-state index contributed by atoms with van der Waals surface area (Å²) in [6.45, 7) is 10.3. The monoisotopic (exact) mass is 370 g/mol. The summed E-state index contributed by atoms with van der Waals surface area (Å²) in [6, 6.07) is 5.08. The molecule has 6 nitrogen and oxygen atoms in total. The predicted molar refractivity (Wildman–Crippen MR) is 101 cm³/mol. The van der Waals surface area contributed by atoms with E-state index in [1.165, 1.54) is 0 Å². The van der Waals surface area contributed by atoms with Gasteiger partial charge in [0.05, 0.1) is 5.76 Å². The second-order valence-corrected chi connectivity index (χ2v) is 8.10. The minimum absolute atomic E-state index is 0.147. The molecule has 1 atom stereocenters. The molecule has 2 heterocycles. The third kappa shape index (κ3) is 4.21. The number of fused-ring (bicyclic) bond motifs is 1. The van der Waals surface area contributed by atoms with E-state index in [-0.39, 0.29) is 29.7 Å². The van der Waals surface area contributed by atoms with Gasteiger partial charge in [-0.1, -0.05) is 18.7 Å². The molecular weight excluding hydrogens is 344 g/mol. The number of allylic oxidation sites excluding steroid dienone is 1. The number of benzene rings is 1. The highest BCUT2D eigenvalue weighted by Crippen LogP contribution is 2.31. The van der Waals surface area contributed by atoms with Gasteiger partial charge >= 0.3 is 0 Å². The molecule has 3 rings (SSSR count). The Balaban J connectivity index is 1.73. The van der Waals surface area contributed by atoms with E-state index in [0.717, 1.165) is 11.1 Å². The quantitative estimate of drug-likeness (QED) is 0.639. The zero-order valence-corrected chi connectivity index (χ0v) is 16.1. The molecule has 0 aromatic heterocycles. The van der Waals surface area contributed by atoms with E-state index in [0.29, 0.717) is 37.1 Å². The average Bonchev–Trinajstić information content (AvgIpc) is 2.89. The van der Waals surface area contributed by atoms with Gasteiger partial charge in [-0.15, -0.1) is 0 Å². The minimum atomic E-state index is -0.588. The molecule has 3 amide bonds. The number of piperidine rings is 1. The zero-order chi connectivity index (χ0) is 19.8. The number of carbonyl (C=O) groups is 3. The van der Waals surface area contributed by atoms with E-state index in [1.807, 2.05) is 32.9 Å². The fourth-order valence-corrected chi connectivity index (χ4v) is 3.64. The molecule has 2 aliphatic heterocycles. The highest BCUT2D eigenvalue weighted by molar-refractivity contribution is 6.05. The van der Waals surface area contributed by atoms with Gasteiger partial charge in [0.1, 0.15) is 11.6 Å². The molecule has 1 fully saturated rings. The van der Waals surface area contributed by atoms with Gasteiger partial charge in [0.25, 0.3) is 5.91 Å². The van der Waals surface area contributed by atoms with Crippen molar-refractivity contribution in [1.29, 1.82) is 0 Å². The Labute approximate surface area is 159 Å². The van der Waals surface area contributed by atoms with Crippen LogP contribution in [-0.2, 0) is 27.3 Å². The van der Waals surface area contributed by atoms with Crippen molar-refractivity contribution >= 4 is 17.7 Å². The lowest BCUT2D eigenvalue weighted by molar-refractivity contribution is -0.136. The van der Waals surface area contributed by atoms with Gasteiger partial charge in [-0.3, -0.25) is 19.7 Å². The van der Waals surface area contributed by atoms with Gasteiger partial charge in [0.15, 0.2) is 0 Å². The van der Waals surface area contributed by atoms with Crippen LogP contribution in [0.2, 0.25) is 0 Å².